The number of nitrogens with two attached hydrogens (primary N) is 1. The van der Waals surface area contributed by atoms with Crippen molar-refractivity contribution in [1.82, 2.24) is 25.1 Å². The number of primary amides is 1. The molecule has 12 heteroatoms. The molecule has 0 bridgehead atoms. The van der Waals surface area contributed by atoms with E-state index in [1.807, 2.05) is 0 Å². The van der Waals surface area contributed by atoms with Gasteiger partial charge < -0.3 is 11.1 Å². The largest absolute Gasteiger partial charge is 0.417 e. The molecule has 1 aliphatic heterocycles. The van der Waals surface area contributed by atoms with Crippen LogP contribution in [0, 0.1) is 0 Å². The second-order valence-corrected chi connectivity index (χ2v) is 5.57. The van der Waals surface area contributed by atoms with Crippen molar-refractivity contribution in [2.24, 2.45) is 5.73 Å². The molecule has 1 amide bonds. The number of carbonyl (C=O) groups excluding carboxylic acids is 1. The van der Waals surface area contributed by atoms with Gasteiger partial charge in [0.15, 0.2) is 0 Å². The van der Waals surface area contributed by atoms with Crippen LogP contribution in [0.25, 0.3) is 5.70 Å². The van der Waals surface area contributed by atoms with E-state index < -0.39 is 23.8 Å². The number of halogens is 3. The predicted octanol–water partition coefficient (Wildman–Crippen LogP) is 1.32. The van der Waals surface area contributed by atoms with Crippen LogP contribution in [0.1, 0.15) is 21.7 Å². The molecule has 1 atom stereocenters. The van der Waals surface area contributed by atoms with Crippen LogP contribution in [0.5, 0.6) is 0 Å². The van der Waals surface area contributed by atoms with Crippen LogP contribution in [0.3, 0.4) is 0 Å². The third-order valence-corrected chi connectivity index (χ3v) is 3.77. The summed E-state index contributed by atoms with van der Waals surface area (Å²) < 4.78 is 38.0. The molecule has 0 aromatic carbocycles. The van der Waals surface area contributed by atoms with Crippen molar-refractivity contribution in [2.45, 2.75) is 12.3 Å². The van der Waals surface area contributed by atoms with Crippen molar-refractivity contribution in [3.05, 3.63) is 53.8 Å². The van der Waals surface area contributed by atoms with E-state index in [-0.39, 0.29) is 17.2 Å². The van der Waals surface area contributed by atoms with Crippen molar-refractivity contribution in [3.63, 3.8) is 0 Å². The molecule has 0 aliphatic carbocycles. The smallest absolute Gasteiger partial charge is 0.364 e. The Balaban J connectivity index is 1.80. The lowest BCUT2D eigenvalue weighted by atomic mass is 10.2. The minimum atomic E-state index is -4.48. The zero-order valence-electron chi connectivity index (χ0n) is 13.8. The summed E-state index contributed by atoms with van der Waals surface area (Å²) >= 11 is 0. The number of pyridine rings is 1. The topological polar surface area (TPSA) is 121 Å². The van der Waals surface area contributed by atoms with Gasteiger partial charge in [-0.1, -0.05) is 5.17 Å². The van der Waals surface area contributed by atoms with Crippen molar-refractivity contribution < 1.29 is 23.2 Å². The number of hydrogen-bond acceptors (Lipinski definition) is 8. The number of anilines is 1. The zero-order chi connectivity index (χ0) is 19.8. The van der Waals surface area contributed by atoms with Gasteiger partial charge in [0, 0.05) is 13.2 Å². The molecule has 9 nitrogen and oxygen atoms in total. The molecule has 2 aromatic heterocycles. The van der Waals surface area contributed by atoms with Gasteiger partial charge in [-0.3, -0.25) is 20.0 Å². The maximum Gasteiger partial charge on any atom is 0.417 e. The molecule has 2 aromatic rings. The highest BCUT2D eigenvalue weighted by molar-refractivity contribution is 5.90. The normalized spacial score (nSPS) is 17.7. The first-order valence-electron chi connectivity index (χ1n) is 7.52. The first-order valence-corrected chi connectivity index (χ1v) is 7.52. The lowest BCUT2D eigenvalue weighted by Gasteiger charge is -2.26. The minimum absolute atomic E-state index is 0.0184. The molecule has 27 heavy (non-hydrogen) atoms. The maximum atomic E-state index is 12.7. The molecular formula is C15H14F3N7O2. The summed E-state index contributed by atoms with van der Waals surface area (Å²) in [6.45, 7) is 0. The molecule has 1 aliphatic rings. The van der Waals surface area contributed by atoms with Gasteiger partial charge in [-0.05, 0) is 18.2 Å². The Morgan fingerprint density at radius 3 is 2.48 bits per heavy atom. The van der Waals surface area contributed by atoms with E-state index in [1.54, 1.807) is 6.08 Å². The molecule has 0 saturated carbocycles. The number of amides is 1. The zero-order valence-corrected chi connectivity index (χ0v) is 13.8. The number of aromatic nitrogens is 3. The van der Waals surface area contributed by atoms with Crippen LogP contribution in [0.4, 0.5) is 19.0 Å². The SMILES string of the molecule is CN1C(c2ccc(C(F)(F)F)cn2)=CC(Nc2cnc(C(N)=O)cn2)N1O. The van der Waals surface area contributed by atoms with Gasteiger partial charge in [0.25, 0.3) is 5.91 Å². The van der Waals surface area contributed by atoms with Gasteiger partial charge in [0.1, 0.15) is 17.7 Å². The molecule has 0 saturated heterocycles. The summed E-state index contributed by atoms with van der Waals surface area (Å²) in [4.78, 5) is 22.6. The number of hydrogen-bond donors (Lipinski definition) is 3. The number of hydrazine groups is 1. The first-order chi connectivity index (χ1) is 12.7. The minimum Gasteiger partial charge on any atom is -0.364 e. The second kappa shape index (κ2) is 6.81. The Bertz CT molecular complexity index is 868. The quantitative estimate of drug-likeness (QED) is 0.725. The van der Waals surface area contributed by atoms with E-state index >= 15 is 0 Å². The monoisotopic (exact) mass is 381 g/mol. The van der Waals surface area contributed by atoms with Crippen LogP contribution in [-0.2, 0) is 6.18 Å². The standard InChI is InChI=1S/C15H14F3N7O2/c1-24-11(9-3-2-8(5-20-9)15(16,17)18)4-13(25(24)27)23-12-7-21-10(6-22-12)14(19)26/h2-7,13,27H,1H3,(H2,19,26)(H,22,23). The van der Waals surface area contributed by atoms with E-state index in [0.29, 0.717) is 5.70 Å². The Morgan fingerprint density at radius 1 is 1.22 bits per heavy atom. The molecule has 0 radical (unpaired) electrons. The molecule has 0 fully saturated rings. The van der Waals surface area contributed by atoms with Crippen LogP contribution in [0.2, 0.25) is 0 Å². The summed E-state index contributed by atoms with van der Waals surface area (Å²) in [5, 5.41) is 15.1. The third-order valence-electron chi connectivity index (χ3n) is 3.77. The van der Waals surface area contributed by atoms with Gasteiger partial charge in [-0.25, -0.2) is 9.97 Å². The molecular weight excluding hydrogens is 367 g/mol. The van der Waals surface area contributed by atoms with Crippen LogP contribution in [-0.4, -0.2) is 49.5 Å². The van der Waals surface area contributed by atoms with Crippen molar-refractivity contribution >= 4 is 17.4 Å². The van der Waals surface area contributed by atoms with E-state index in [2.05, 4.69) is 20.3 Å². The molecule has 3 rings (SSSR count). The van der Waals surface area contributed by atoms with Crippen molar-refractivity contribution in [1.29, 1.82) is 0 Å². The predicted molar refractivity (Wildman–Crippen MR) is 86.6 cm³/mol. The van der Waals surface area contributed by atoms with Crippen LogP contribution < -0.4 is 11.1 Å². The number of alkyl halides is 3. The molecule has 1 unspecified atom stereocenters. The Hall–Kier alpha value is -3.25. The fourth-order valence-corrected chi connectivity index (χ4v) is 2.37. The summed E-state index contributed by atoms with van der Waals surface area (Å²) in [5.41, 5.74) is 4.82. The second-order valence-electron chi connectivity index (χ2n) is 5.57. The lowest BCUT2D eigenvalue weighted by Crippen LogP contribution is -2.41. The maximum absolute atomic E-state index is 12.7. The Kier molecular flexibility index (Phi) is 4.68. The lowest BCUT2D eigenvalue weighted by molar-refractivity contribution is -0.211. The van der Waals surface area contributed by atoms with Crippen molar-refractivity contribution in [2.75, 3.05) is 12.4 Å². The van der Waals surface area contributed by atoms with Gasteiger partial charge >= 0.3 is 6.18 Å². The van der Waals surface area contributed by atoms with Crippen LogP contribution in [0.15, 0.2) is 36.8 Å². The third kappa shape index (κ3) is 3.80. The number of nitrogens with one attached hydrogen (secondary N) is 1. The summed E-state index contributed by atoms with van der Waals surface area (Å²) in [6.07, 6.45) is -0.573. The highest BCUT2D eigenvalue weighted by atomic mass is 19.4. The van der Waals surface area contributed by atoms with Gasteiger partial charge in [-0.2, -0.15) is 13.2 Å². The highest BCUT2D eigenvalue weighted by Gasteiger charge is 2.33. The number of carbonyl (C=O) groups is 1. The van der Waals surface area contributed by atoms with Crippen molar-refractivity contribution in [3.8, 4) is 0 Å². The van der Waals surface area contributed by atoms with E-state index in [4.69, 9.17) is 5.73 Å². The Labute approximate surface area is 150 Å². The molecule has 4 N–H and O–H groups in total. The highest BCUT2D eigenvalue weighted by Crippen LogP contribution is 2.31. The van der Waals surface area contributed by atoms with Gasteiger partial charge in [0.2, 0.25) is 0 Å². The van der Waals surface area contributed by atoms with E-state index in [1.165, 1.54) is 30.5 Å². The summed E-state index contributed by atoms with van der Waals surface area (Å²) in [6, 6.07) is 2.12. The number of nitrogens with zero attached hydrogens (tertiary/aromatic N) is 5. The fourth-order valence-electron chi connectivity index (χ4n) is 2.37. The fraction of sp³-hybridized carbons (Fsp3) is 0.200. The molecule has 0 spiro atoms. The number of hydroxylamine groups is 1. The average molecular weight is 381 g/mol. The summed E-state index contributed by atoms with van der Waals surface area (Å²) in [7, 11) is 1.51. The van der Waals surface area contributed by atoms with Gasteiger partial charge in [0.05, 0.1) is 29.3 Å². The van der Waals surface area contributed by atoms with Crippen LogP contribution >= 0.6 is 0 Å². The summed E-state index contributed by atoms with van der Waals surface area (Å²) in [5.74, 6) is -0.482. The number of rotatable bonds is 4. The van der Waals surface area contributed by atoms with E-state index in [9.17, 15) is 23.2 Å². The van der Waals surface area contributed by atoms with Gasteiger partial charge in [-0.15, -0.1) is 0 Å². The average Bonchev–Trinajstić information content (AvgIpc) is 2.90. The Morgan fingerprint density at radius 2 is 1.96 bits per heavy atom. The molecule has 3 heterocycles. The van der Waals surface area contributed by atoms with E-state index in [0.717, 1.165) is 17.4 Å². The first kappa shape index (κ1) is 18.5. The molecule has 142 valence electrons.